The lowest BCUT2D eigenvalue weighted by Crippen LogP contribution is -2.14. The van der Waals surface area contributed by atoms with Gasteiger partial charge in [0, 0.05) is 25.2 Å². The number of Topliss-reactive ketones (excluding diaryl/α,β-unsaturated/α-hetero) is 1. The number of ketones is 1. The molecule has 124 valence electrons. The predicted octanol–water partition coefficient (Wildman–Crippen LogP) is 4.47. The Balaban J connectivity index is 2.57. The highest BCUT2D eigenvalue weighted by Crippen LogP contribution is 2.32. The summed E-state index contributed by atoms with van der Waals surface area (Å²) in [6, 6.07) is 2.51. The van der Waals surface area contributed by atoms with Crippen molar-refractivity contribution in [2.24, 2.45) is 4.99 Å². The van der Waals surface area contributed by atoms with E-state index in [1.165, 1.54) is 6.92 Å². The average Bonchev–Trinajstić information content (AvgIpc) is 2.73. The Morgan fingerprint density at radius 1 is 1.35 bits per heavy atom. The van der Waals surface area contributed by atoms with Crippen molar-refractivity contribution in [2.75, 3.05) is 0 Å². The maximum Gasteiger partial charge on any atom is 0.419 e. The van der Waals surface area contributed by atoms with Crippen LogP contribution in [0.5, 0.6) is 0 Å². The molecule has 0 aliphatic carbocycles. The second-order valence-corrected chi connectivity index (χ2v) is 5.85. The van der Waals surface area contributed by atoms with E-state index < -0.39 is 17.6 Å². The molecule has 2 rings (SSSR count). The van der Waals surface area contributed by atoms with Gasteiger partial charge in [0.05, 0.1) is 16.1 Å². The summed E-state index contributed by atoms with van der Waals surface area (Å²) < 4.78 is 53.1. The largest absolute Gasteiger partial charge is 0.419 e. The molecule has 0 N–H and O–H groups in total. The van der Waals surface area contributed by atoms with E-state index in [1.54, 1.807) is 11.5 Å². The molecule has 0 aliphatic rings. The predicted molar refractivity (Wildman–Crippen MR) is 79.3 cm³/mol. The van der Waals surface area contributed by atoms with Crippen LogP contribution >= 0.6 is 11.3 Å². The fourth-order valence-corrected chi connectivity index (χ4v) is 3.29. The van der Waals surface area contributed by atoms with Gasteiger partial charge in [-0.2, -0.15) is 13.2 Å². The Morgan fingerprint density at radius 2 is 2.00 bits per heavy atom. The minimum Gasteiger partial charge on any atom is -0.321 e. The SMILES string of the molecule is CCn1c(C)c(C(C)=O)s/c1=N\c1ccc(C(F)(F)F)c(F)c1. The molecule has 0 saturated heterocycles. The van der Waals surface area contributed by atoms with Crippen LogP contribution in [0.1, 0.15) is 34.8 Å². The molecule has 1 aromatic heterocycles. The van der Waals surface area contributed by atoms with Crippen molar-refractivity contribution in [3.63, 3.8) is 0 Å². The summed E-state index contributed by atoms with van der Waals surface area (Å²) >= 11 is 1.13. The van der Waals surface area contributed by atoms with Crippen molar-refractivity contribution < 1.29 is 22.4 Å². The first-order chi connectivity index (χ1) is 10.6. The van der Waals surface area contributed by atoms with Gasteiger partial charge in [0.15, 0.2) is 10.6 Å². The first-order valence-corrected chi connectivity index (χ1v) is 7.59. The minimum atomic E-state index is -4.74. The maximum atomic E-state index is 13.6. The number of aromatic nitrogens is 1. The van der Waals surface area contributed by atoms with Gasteiger partial charge in [-0.3, -0.25) is 4.79 Å². The third-order valence-corrected chi connectivity index (χ3v) is 4.56. The van der Waals surface area contributed by atoms with Gasteiger partial charge < -0.3 is 4.57 Å². The van der Waals surface area contributed by atoms with E-state index >= 15 is 0 Å². The molecule has 0 amide bonds. The van der Waals surface area contributed by atoms with Gasteiger partial charge in [0.1, 0.15) is 5.82 Å². The normalized spacial score (nSPS) is 12.7. The summed E-state index contributed by atoms with van der Waals surface area (Å²) in [5.74, 6) is -1.49. The van der Waals surface area contributed by atoms with E-state index in [0.29, 0.717) is 22.3 Å². The van der Waals surface area contributed by atoms with Crippen LogP contribution in [0.3, 0.4) is 0 Å². The summed E-state index contributed by atoms with van der Waals surface area (Å²) in [5, 5.41) is 0. The Kier molecular flexibility index (Phi) is 4.74. The third-order valence-electron chi connectivity index (χ3n) is 3.28. The number of nitrogens with zero attached hydrogens (tertiary/aromatic N) is 2. The number of alkyl halides is 3. The zero-order valence-corrected chi connectivity index (χ0v) is 13.5. The van der Waals surface area contributed by atoms with Gasteiger partial charge in [0.25, 0.3) is 0 Å². The molecular formula is C15H14F4N2OS. The zero-order chi connectivity index (χ0) is 17.4. The molecule has 0 spiro atoms. The second-order valence-electron chi connectivity index (χ2n) is 4.87. The fraction of sp³-hybridized carbons (Fsp3) is 0.333. The van der Waals surface area contributed by atoms with Crippen molar-refractivity contribution in [1.82, 2.24) is 4.57 Å². The van der Waals surface area contributed by atoms with E-state index in [2.05, 4.69) is 4.99 Å². The molecule has 0 fully saturated rings. The summed E-state index contributed by atoms with van der Waals surface area (Å²) in [5.41, 5.74) is -0.531. The smallest absolute Gasteiger partial charge is 0.321 e. The molecule has 0 radical (unpaired) electrons. The van der Waals surface area contributed by atoms with Crippen LogP contribution in [0.2, 0.25) is 0 Å². The Morgan fingerprint density at radius 3 is 2.48 bits per heavy atom. The molecule has 0 saturated carbocycles. The van der Waals surface area contributed by atoms with Crippen molar-refractivity contribution in [2.45, 2.75) is 33.5 Å². The van der Waals surface area contributed by atoms with Gasteiger partial charge in [-0.05, 0) is 26.0 Å². The molecule has 0 atom stereocenters. The number of hydrogen-bond acceptors (Lipinski definition) is 3. The molecule has 23 heavy (non-hydrogen) atoms. The summed E-state index contributed by atoms with van der Waals surface area (Å²) in [6.45, 7) is 5.59. The lowest BCUT2D eigenvalue weighted by atomic mass is 10.2. The van der Waals surface area contributed by atoms with Crippen LogP contribution in [-0.2, 0) is 12.7 Å². The Labute approximate surface area is 133 Å². The van der Waals surface area contributed by atoms with Crippen molar-refractivity contribution in [1.29, 1.82) is 0 Å². The topological polar surface area (TPSA) is 34.4 Å². The number of rotatable bonds is 3. The fourth-order valence-electron chi connectivity index (χ4n) is 2.18. The van der Waals surface area contributed by atoms with Gasteiger partial charge in [-0.25, -0.2) is 9.38 Å². The van der Waals surface area contributed by atoms with E-state index in [0.717, 1.165) is 29.2 Å². The zero-order valence-electron chi connectivity index (χ0n) is 12.7. The molecule has 0 aliphatic heterocycles. The summed E-state index contributed by atoms with van der Waals surface area (Å²) in [6.07, 6.45) is -4.74. The molecule has 1 heterocycles. The van der Waals surface area contributed by atoms with E-state index in [9.17, 15) is 22.4 Å². The van der Waals surface area contributed by atoms with Crippen LogP contribution < -0.4 is 4.80 Å². The number of hydrogen-bond donors (Lipinski definition) is 0. The molecular weight excluding hydrogens is 332 g/mol. The molecule has 3 nitrogen and oxygen atoms in total. The Hall–Kier alpha value is -1.96. The Bertz CT molecular complexity index is 818. The number of carbonyl (C=O) groups excluding carboxylic acids is 1. The highest BCUT2D eigenvalue weighted by molar-refractivity contribution is 7.11. The van der Waals surface area contributed by atoms with Gasteiger partial charge >= 0.3 is 6.18 Å². The average molecular weight is 346 g/mol. The van der Waals surface area contributed by atoms with Crippen molar-refractivity contribution in [3.8, 4) is 0 Å². The molecule has 0 bridgehead atoms. The molecule has 1 aromatic carbocycles. The van der Waals surface area contributed by atoms with E-state index in [4.69, 9.17) is 0 Å². The first kappa shape index (κ1) is 17.4. The number of benzene rings is 1. The van der Waals surface area contributed by atoms with Gasteiger partial charge in [-0.15, -0.1) is 0 Å². The first-order valence-electron chi connectivity index (χ1n) is 6.77. The summed E-state index contributed by atoms with van der Waals surface area (Å²) in [4.78, 5) is 16.7. The van der Waals surface area contributed by atoms with E-state index in [-0.39, 0.29) is 11.5 Å². The van der Waals surface area contributed by atoms with Crippen LogP contribution in [0.15, 0.2) is 23.2 Å². The molecule has 8 heteroatoms. The quantitative estimate of drug-likeness (QED) is 0.596. The maximum absolute atomic E-state index is 13.6. The number of thiazole rings is 1. The van der Waals surface area contributed by atoms with E-state index in [1.807, 2.05) is 6.92 Å². The minimum absolute atomic E-state index is 0.0639. The summed E-state index contributed by atoms with van der Waals surface area (Å²) in [7, 11) is 0. The van der Waals surface area contributed by atoms with Crippen molar-refractivity contribution in [3.05, 3.63) is 45.0 Å². The standard InChI is InChI=1S/C15H14F4N2OS/c1-4-21-8(2)13(9(3)22)23-14(21)20-10-5-6-11(12(16)7-10)15(17,18)19/h5-7H,4H2,1-3H3/b20-14-. The lowest BCUT2D eigenvalue weighted by molar-refractivity contribution is -0.139. The second kappa shape index (κ2) is 6.27. The lowest BCUT2D eigenvalue weighted by Gasteiger charge is -2.07. The molecule has 2 aromatic rings. The van der Waals surface area contributed by atoms with Gasteiger partial charge in [0.2, 0.25) is 0 Å². The van der Waals surface area contributed by atoms with Crippen LogP contribution in [-0.4, -0.2) is 10.4 Å². The molecule has 0 unspecified atom stereocenters. The monoisotopic (exact) mass is 346 g/mol. The number of carbonyl (C=O) groups is 1. The highest BCUT2D eigenvalue weighted by Gasteiger charge is 2.33. The number of halogens is 4. The van der Waals surface area contributed by atoms with Crippen LogP contribution in [0.25, 0.3) is 0 Å². The van der Waals surface area contributed by atoms with Crippen molar-refractivity contribution >= 4 is 22.8 Å². The third kappa shape index (κ3) is 3.52. The van der Waals surface area contributed by atoms with Gasteiger partial charge in [-0.1, -0.05) is 11.3 Å². The van der Waals surface area contributed by atoms with Crippen LogP contribution in [0, 0.1) is 12.7 Å². The highest BCUT2D eigenvalue weighted by atomic mass is 32.1. The van der Waals surface area contributed by atoms with Crippen LogP contribution in [0.4, 0.5) is 23.2 Å².